The van der Waals surface area contributed by atoms with Crippen LogP contribution in [0.15, 0.2) is 9.59 Å². The summed E-state index contributed by atoms with van der Waals surface area (Å²) in [5.41, 5.74) is 4.37. The molecule has 1 aromatic carbocycles. The molecule has 0 amide bonds. The maximum absolute atomic E-state index is 15.2. The Morgan fingerprint density at radius 1 is 1.12 bits per heavy atom. The third-order valence-electron chi connectivity index (χ3n) is 6.53. The molecule has 1 saturated heterocycles. The van der Waals surface area contributed by atoms with Gasteiger partial charge in [0.25, 0.3) is 5.56 Å². The normalized spacial score (nSPS) is 20.3. The number of nitrogens with one attached hydrogen (secondary N) is 1. The zero-order chi connectivity index (χ0) is 23.5. The molecule has 2 unspecified atom stereocenters. The summed E-state index contributed by atoms with van der Waals surface area (Å²) >= 11 is 0. The average molecular weight is 462 g/mol. The van der Waals surface area contributed by atoms with Gasteiger partial charge in [0.05, 0.1) is 17.1 Å². The minimum Gasteiger partial charge on any atom is -0.504 e. The van der Waals surface area contributed by atoms with Gasteiger partial charge in [-0.25, -0.2) is 26.7 Å². The summed E-state index contributed by atoms with van der Waals surface area (Å²) in [4.78, 5) is 28.3. The van der Waals surface area contributed by atoms with Crippen LogP contribution in [-0.4, -0.2) is 46.6 Å². The number of hydrogen-bond donors (Lipinski definition) is 3. The number of aromatic hydroxyl groups is 1. The molecule has 2 atom stereocenters. The van der Waals surface area contributed by atoms with Crippen molar-refractivity contribution in [2.45, 2.75) is 51.1 Å². The fraction of sp³-hybridized carbons (Fsp3) is 0.600. The molecule has 1 saturated carbocycles. The van der Waals surface area contributed by atoms with E-state index in [-0.39, 0.29) is 47.7 Å². The van der Waals surface area contributed by atoms with Crippen molar-refractivity contribution in [1.82, 2.24) is 9.55 Å². The molecule has 4 rings (SSSR count). The lowest BCUT2D eigenvalue weighted by molar-refractivity contribution is -0.0463. The Labute approximate surface area is 178 Å². The van der Waals surface area contributed by atoms with Crippen LogP contribution in [0.2, 0.25) is 0 Å². The first-order valence-electron chi connectivity index (χ1n) is 10.3. The zero-order valence-corrected chi connectivity index (χ0v) is 17.1. The molecule has 7 nitrogen and oxygen atoms in total. The van der Waals surface area contributed by atoms with Gasteiger partial charge in [0, 0.05) is 30.7 Å². The predicted molar refractivity (Wildman–Crippen MR) is 107 cm³/mol. The number of aryl methyl sites for hydroxylation is 1. The van der Waals surface area contributed by atoms with E-state index in [0.717, 1.165) is 0 Å². The van der Waals surface area contributed by atoms with Crippen molar-refractivity contribution in [3.63, 3.8) is 0 Å². The van der Waals surface area contributed by atoms with Gasteiger partial charge < -0.3 is 15.7 Å². The molecule has 2 heterocycles. The van der Waals surface area contributed by atoms with Crippen molar-refractivity contribution >= 4 is 16.6 Å². The van der Waals surface area contributed by atoms with Crippen molar-refractivity contribution in [2.24, 2.45) is 17.6 Å². The molecule has 12 heteroatoms. The molecule has 0 radical (unpaired) electrons. The van der Waals surface area contributed by atoms with E-state index in [1.807, 2.05) is 0 Å². The SMILES string of the molecule is Cc1c(N2CCC(C(N)C(C(F)F)C(F)F)C2)c(F)c(O)c2c(=O)[nH]c(=O)n(C3CC3)c12. The van der Waals surface area contributed by atoms with E-state index in [0.29, 0.717) is 12.8 Å². The minimum atomic E-state index is -3.30. The maximum Gasteiger partial charge on any atom is 0.329 e. The number of H-pyrrole nitrogens is 1. The lowest BCUT2D eigenvalue weighted by atomic mass is 9.88. The molecule has 1 aromatic heterocycles. The summed E-state index contributed by atoms with van der Waals surface area (Å²) in [6.45, 7) is 1.53. The Kier molecular flexibility index (Phi) is 5.68. The van der Waals surface area contributed by atoms with Crippen LogP contribution in [0.1, 0.15) is 30.9 Å². The number of rotatable bonds is 6. The lowest BCUT2D eigenvalue weighted by Gasteiger charge is -2.28. The fourth-order valence-electron chi connectivity index (χ4n) is 4.76. The summed E-state index contributed by atoms with van der Waals surface area (Å²) in [6, 6.07) is -1.71. The van der Waals surface area contributed by atoms with Crippen molar-refractivity contribution in [2.75, 3.05) is 18.0 Å². The van der Waals surface area contributed by atoms with Gasteiger partial charge in [-0.3, -0.25) is 14.3 Å². The molecule has 0 bridgehead atoms. The van der Waals surface area contributed by atoms with E-state index in [4.69, 9.17) is 5.73 Å². The minimum absolute atomic E-state index is 0.0866. The topological polar surface area (TPSA) is 104 Å². The van der Waals surface area contributed by atoms with Gasteiger partial charge in [0.1, 0.15) is 5.39 Å². The highest BCUT2D eigenvalue weighted by atomic mass is 19.3. The van der Waals surface area contributed by atoms with Gasteiger partial charge in [0.15, 0.2) is 11.6 Å². The average Bonchev–Trinajstić information content (AvgIpc) is 3.41. The van der Waals surface area contributed by atoms with Crippen LogP contribution in [0, 0.1) is 24.6 Å². The predicted octanol–water partition coefficient (Wildman–Crippen LogP) is 2.48. The second kappa shape index (κ2) is 8.05. The van der Waals surface area contributed by atoms with Gasteiger partial charge in [-0.05, 0) is 32.1 Å². The molecule has 1 aliphatic heterocycles. The molecule has 1 aliphatic carbocycles. The van der Waals surface area contributed by atoms with E-state index in [2.05, 4.69) is 4.98 Å². The quantitative estimate of drug-likeness (QED) is 0.573. The number of anilines is 1. The number of aromatic amines is 1. The van der Waals surface area contributed by atoms with Crippen LogP contribution in [0.25, 0.3) is 10.9 Å². The van der Waals surface area contributed by atoms with E-state index >= 15 is 4.39 Å². The first-order chi connectivity index (χ1) is 15.0. The van der Waals surface area contributed by atoms with Crippen LogP contribution in [-0.2, 0) is 0 Å². The van der Waals surface area contributed by atoms with Gasteiger partial charge in [-0.1, -0.05) is 0 Å². The molecule has 2 aromatic rings. The highest BCUT2D eigenvalue weighted by Gasteiger charge is 2.42. The van der Waals surface area contributed by atoms with Crippen molar-refractivity contribution < 1.29 is 27.1 Å². The van der Waals surface area contributed by atoms with E-state index in [1.54, 1.807) is 0 Å². The Hall–Kier alpha value is -2.63. The molecule has 176 valence electrons. The highest BCUT2D eigenvalue weighted by molar-refractivity contribution is 5.92. The maximum atomic E-state index is 15.2. The van der Waals surface area contributed by atoms with Crippen molar-refractivity contribution in [3.05, 3.63) is 32.2 Å². The molecule has 32 heavy (non-hydrogen) atoms. The first-order valence-corrected chi connectivity index (χ1v) is 10.3. The first kappa shape index (κ1) is 22.6. The second-order valence-electron chi connectivity index (χ2n) is 8.54. The summed E-state index contributed by atoms with van der Waals surface area (Å²) in [7, 11) is 0. The number of aromatic nitrogens is 2. The van der Waals surface area contributed by atoms with Gasteiger partial charge >= 0.3 is 5.69 Å². The van der Waals surface area contributed by atoms with E-state index in [9.17, 15) is 32.3 Å². The number of halogens is 5. The Balaban J connectivity index is 1.79. The third kappa shape index (κ3) is 3.54. The highest BCUT2D eigenvalue weighted by Crippen LogP contribution is 2.43. The Bertz CT molecular complexity index is 1150. The number of nitrogens with zero attached hydrogens (tertiary/aromatic N) is 2. The summed E-state index contributed by atoms with van der Waals surface area (Å²) in [6.07, 6.45) is -5.09. The standard InChI is InChI=1S/C20H23F5N4O3/c1-7-14-11(19(31)27-20(32)29(14)9-2-3-9)16(30)12(21)15(7)28-5-4-8(6-28)13(26)10(17(22)23)18(24)25/h8-10,13,17-18,30H,2-6,26H2,1H3,(H,27,31,32). The molecule has 4 N–H and O–H groups in total. The van der Waals surface area contributed by atoms with Crippen LogP contribution in [0.5, 0.6) is 5.75 Å². The van der Waals surface area contributed by atoms with E-state index in [1.165, 1.54) is 16.4 Å². The molecular formula is C20H23F5N4O3. The van der Waals surface area contributed by atoms with Gasteiger partial charge in [-0.15, -0.1) is 0 Å². The number of hydrogen-bond acceptors (Lipinski definition) is 5. The van der Waals surface area contributed by atoms with Crippen LogP contribution in [0.4, 0.5) is 27.6 Å². The number of benzene rings is 1. The van der Waals surface area contributed by atoms with Crippen LogP contribution >= 0.6 is 0 Å². The van der Waals surface area contributed by atoms with Gasteiger partial charge in [0.2, 0.25) is 12.9 Å². The lowest BCUT2D eigenvalue weighted by Crippen LogP contribution is -2.45. The summed E-state index contributed by atoms with van der Waals surface area (Å²) in [5, 5.41) is 10.1. The van der Waals surface area contributed by atoms with Crippen molar-refractivity contribution in [1.29, 1.82) is 0 Å². The van der Waals surface area contributed by atoms with Crippen LogP contribution < -0.4 is 21.9 Å². The summed E-state index contributed by atoms with van der Waals surface area (Å²) < 4.78 is 68.9. The monoisotopic (exact) mass is 462 g/mol. The Morgan fingerprint density at radius 3 is 2.31 bits per heavy atom. The number of phenols is 1. The zero-order valence-electron chi connectivity index (χ0n) is 17.1. The largest absolute Gasteiger partial charge is 0.504 e. The Morgan fingerprint density at radius 2 is 1.75 bits per heavy atom. The smallest absolute Gasteiger partial charge is 0.329 e. The number of fused-ring (bicyclic) bond motifs is 1. The second-order valence-corrected chi connectivity index (χ2v) is 8.54. The fourth-order valence-corrected chi connectivity index (χ4v) is 4.76. The van der Waals surface area contributed by atoms with E-state index < -0.39 is 53.5 Å². The summed E-state index contributed by atoms with van der Waals surface area (Å²) in [5.74, 6) is -5.10. The molecular weight excluding hydrogens is 439 g/mol. The van der Waals surface area contributed by atoms with Crippen molar-refractivity contribution in [3.8, 4) is 5.75 Å². The molecule has 0 spiro atoms. The molecule has 2 aliphatic rings. The molecule has 2 fully saturated rings. The number of nitrogens with two attached hydrogens (primary N) is 1. The van der Waals surface area contributed by atoms with Crippen LogP contribution in [0.3, 0.4) is 0 Å². The number of phenolic OH excluding ortho intramolecular Hbond substituents is 1. The van der Waals surface area contributed by atoms with Gasteiger partial charge in [-0.2, -0.15) is 0 Å². The number of alkyl halides is 4. The third-order valence-corrected chi connectivity index (χ3v) is 6.53.